The van der Waals surface area contributed by atoms with E-state index in [1.54, 1.807) is 12.1 Å². The summed E-state index contributed by atoms with van der Waals surface area (Å²) in [6.07, 6.45) is 3.95. The third-order valence-corrected chi connectivity index (χ3v) is 8.58. The highest BCUT2D eigenvalue weighted by Gasteiger charge is 2.73. The molecule has 6 rings (SSSR count). The van der Waals surface area contributed by atoms with Crippen molar-refractivity contribution in [3.8, 4) is 0 Å². The van der Waals surface area contributed by atoms with Crippen LogP contribution < -0.4 is 0 Å². The van der Waals surface area contributed by atoms with E-state index < -0.39 is 17.3 Å². The van der Waals surface area contributed by atoms with Gasteiger partial charge in [0, 0.05) is 11.6 Å². The zero-order valence-electron chi connectivity index (χ0n) is 17.5. The molecule has 168 valence electrons. The summed E-state index contributed by atoms with van der Waals surface area (Å²) in [7, 11) is 0. The minimum atomic E-state index is -0.772. The number of fused-ring (bicyclic) bond motifs is 4. The van der Waals surface area contributed by atoms with Crippen LogP contribution in [0.15, 0.2) is 36.8 Å². The lowest BCUT2D eigenvalue weighted by Crippen LogP contribution is -2.51. The molecule has 1 saturated heterocycles. The Bertz CT molecular complexity index is 1230. The van der Waals surface area contributed by atoms with Crippen LogP contribution in [-0.2, 0) is 9.47 Å². The second kappa shape index (κ2) is 7.05. The second-order valence-corrected chi connectivity index (χ2v) is 10.6. The molecule has 1 N–H and O–H groups in total. The lowest BCUT2D eigenvalue weighted by molar-refractivity contribution is -0.213. The van der Waals surface area contributed by atoms with E-state index >= 15 is 0 Å². The summed E-state index contributed by atoms with van der Waals surface area (Å²) in [6.45, 7) is 3.84. The third-order valence-electron chi connectivity index (χ3n) is 7.54. The van der Waals surface area contributed by atoms with E-state index in [0.717, 1.165) is 29.4 Å². The van der Waals surface area contributed by atoms with Gasteiger partial charge in [-0.1, -0.05) is 40.9 Å². The van der Waals surface area contributed by atoms with Crippen LogP contribution in [0.3, 0.4) is 0 Å². The maximum Gasteiger partial charge on any atom is 0.163 e. The fourth-order valence-corrected chi connectivity index (χ4v) is 6.69. The van der Waals surface area contributed by atoms with Crippen molar-refractivity contribution in [1.82, 2.24) is 14.5 Å². The minimum absolute atomic E-state index is 0.0589. The molecule has 3 aromatic rings. The molecule has 6 nitrogen and oxygen atoms in total. The van der Waals surface area contributed by atoms with Gasteiger partial charge in [-0.3, -0.25) is 0 Å². The highest BCUT2D eigenvalue weighted by atomic mass is 35.5. The Labute approximate surface area is 200 Å². The molecule has 3 aliphatic rings. The fourth-order valence-electron chi connectivity index (χ4n) is 6.19. The first kappa shape index (κ1) is 21.1. The van der Waals surface area contributed by atoms with Gasteiger partial charge in [-0.15, -0.1) is 0 Å². The molecule has 3 heterocycles. The van der Waals surface area contributed by atoms with E-state index in [2.05, 4.69) is 14.5 Å². The van der Waals surface area contributed by atoms with E-state index in [-0.39, 0.29) is 24.2 Å². The van der Waals surface area contributed by atoms with E-state index in [4.69, 9.17) is 44.3 Å². The smallest absolute Gasteiger partial charge is 0.163 e. The Hall–Kier alpha value is -1.41. The predicted molar refractivity (Wildman–Crippen MR) is 122 cm³/mol. The van der Waals surface area contributed by atoms with E-state index in [1.807, 2.05) is 32.2 Å². The molecule has 0 amide bonds. The Morgan fingerprint density at radius 1 is 1.12 bits per heavy atom. The van der Waals surface area contributed by atoms with Crippen molar-refractivity contribution >= 4 is 45.8 Å². The Balaban J connectivity index is 1.48. The number of hydrogen-bond donors (Lipinski definition) is 1. The van der Waals surface area contributed by atoms with Gasteiger partial charge in [0.15, 0.2) is 5.79 Å². The van der Waals surface area contributed by atoms with Crippen LogP contribution in [0.4, 0.5) is 0 Å². The number of halogens is 3. The number of rotatable bonds is 3. The summed E-state index contributed by atoms with van der Waals surface area (Å²) in [6, 6.07) is 7.19. The van der Waals surface area contributed by atoms with E-state index in [9.17, 15) is 5.11 Å². The zero-order chi connectivity index (χ0) is 22.4. The van der Waals surface area contributed by atoms with Gasteiger partial charge in [0.2, 0.25) is 0 Å². The quantitative estimate of drug-likeness (QED) is 0.480. The molecular formula is C23H22Cl3N3O3. The van der Waals surface area contributed by atoms with Gasteiger partial charge in [-0.05, 0) is 56.4 Å². The summed E-state index contributed by atoms with van der Waals surface area (Å²) >= 11 is 18.7. The van der Waals surface area contributed by atoms with Crippen LogP contribution in [0.2, 0.25) is 15.2 Å². The summed E-state index contributed by atoms with van der Waals surface area (Å²) in [5, 5.41) is 13.8. The SMILES string of the molecule is CC1(C)O[C@H]2[C@H](n3ccc4c(Cl)ncnc43)[C@H]3CC[C@@]3(C(O)c3ccc(Cl)c(Cl)c3)[C@H]2O1. The number of aliphatic hydroxyl groups is 1. The number of nitrogens with zero attached hydrogens (tertiary/aromatic N) is 3. The first-order chi connectivity index (χ1) is 15.2. The van der Waals surface area contributed by atoms with Gasteiger partial charge in [0.05, 0.1) is 33.7 Å². The summed E-state index contributed by atoms with van der Waals surface area (Å²) in [4.78, 5) is 8.61. The lowest BCUT2D eigenvalue weighted by Gasteiger charge is -2.52. The van der Waals surface area contributed by atoms with Crippen LogP contribution in [0.1, 0.15) is 44.4 Å². The molecule has 9 heteroatoms. The number of aromatic nitrogens is 3. The molecule has 1 aromatic carbocycles. The third kappa shape index (κ3) is 2.77. The first-order valence-electron chi connectivity index (χ1n) is 10.7. The van der Waals surface area contributed by atoms with Gasteiger partial charge < -0.3 is 19.1 Å². The molecule has 1 unspecified atom stereocenters. The van der Waals surface area contributed by atoms with Crippen molar-refractivity contribution < 1.29 is 14.6 Å². The first-order valence-corrected chi connectivity index (χ1v) is 11.8. The van der Waals surface area contributed by atoms with Crippen molar-refractivity contribution in [2.75, 3.05) is 0 Å². The molecular weight excluding hydrogens is 473 g/mol. The highest BCUT2D eigenvalue weighted by molar-refractivity contribution is 6.42. The average Bonchev–Trinajstić information content (AvgIpc) is 3.33. The van der Waals surface area contributed by atoms with Gasteiger partial charge in [0.1, 0.15) is 23.2 Å². The van der Waals surface area contributed by atoms with Gasteiger partial charge in [0.25, 0.3) is 0 Å². The van der Waals surface area contributed by atoms with Crippen molar-refractivity contribution in [2.24, 2.45) is 11.3 Å². The van der Waals surface area contributed by atoms with Gasteiger partial charge in [-0.2, -0.15) is 0 Å². The van der Waals surface area contributed by atoms with E-state index in [1.165, 1.54) is 6.33 Å². The molecule has 32 heavy (non-hydrogen) atoms. The molecule has 3 fully saturated rings. The topological polar surface area (TPSA) is 69.4 Å². The number of hydrogen-bond acceptors (Lipinski definition) is 5. The summed E-state index contributed by atoms with van der Waals surface area (Å²) < 4.78 is 15.0. The van der Waals surface area contributed by atoms with Crippen LogP contribution in [-0.4, -0.2) is 37.6 Å². The highest BCUT2D eigenvalue weighted by Crippen LogP contribution is 2.70. The van der Waals surface area contributed by atoms with Gasteiger partial charge in [-0.25, -0.2) is 9.97 Å². The average molecular weight is 495 g/mol. The van der Waals surface area contributed by atoms with Crippen LogP contribution in [0, 0.1) is 11.3 Å². The van der Waals surface area contributed by atoms with Crippen LogP contribution >= 0.6 is 34.8 Å². The Morgan fingerprint density at radius 3 is 2.66 bits per heavy atom. The molecule has 2 aromatic heterocycles. The lowest BCUT2D eigenvalue weighted by atomic mass is 9.56. The van der Waals surface area contributed by atoms with Crippen LogP contribution in [0.5, 0.6) is 0 Å². The van der Waals surface area contributed by atoms with Crippen molar-refractivity contribution in [3.05, 3.63) is 57.6 Å². The number of benzene rings is 1. The molecule has 0 bridgehead atoms. The maximum atomic E-state index is 11.7. The number of ether oxygens (including phenoxy) is 2. The molecule has 0 radical (unpaired) electrons. The number of aliphatic hydroxyl groups excluding tert-OH is 1. The van der Waals surface area contributed by atoms with Crippen LogP contribution in [0.25, 0.3) is 11.0 Å². The van der Waals surface area contributed by atoms with Crippen molar-refractivity contribution in [2.45, 2.75) is 56.8 Å². The monoisotopic (exact) mass is 493 g/mol. The fraction of sp³-hybridized carbons (Fsp3) is 0.478. The normalized spacial score (nSPS) is 33.7. The predicted octanol–water partition coefficient (Wildman–Crippen LogP) is 5.60. The molecule has 1 aliphatic heterocycles. The molecule has 0 spiro atoms. The van der Waals surface area contributed by atoms with Gasteiger partial charge >= 0.3 is 0 Å². The zero-order valence-corrected chi connectivity index (χ0v) is 19.8. The van der Waals surface area contributed by atoms with Crippen molar-refractivity contribution in [3.63, 3.8) is 0 Å². The summed E-state index contributed by atoms with van der Waals surface area (Å²) in [5.74, 6) is -0.629. The largest absolute Gasteiger partial charge is 0.388 e. The molecule has 2 saturated carbocycles. The minimum Gasteiger partial charge on any atom is -0.388 e. The standard InChI is InChI=1S/C23H22Cl3N3O3/c1-22(2)31-17-16(29-8-6-12-20(26)27-10-28-21(12)29)13-5-7-23(13,19(17)32-22)18(30)11-3-4-14(24)15(25)9-11/h3-4,6,8-10,13,16-19,30H,5,7H2,1-2H3/t13-,16-,17+,18?,19+,23-/m1/s1. The van der Waals surface area contributed by atoms with Crippen molar-refractivity contribution in [1.29, 1.82) is 0 Å². The van der Waals surface area contributed by atoms with E-state index in [0.29, 0.717) is 15.2 Å². The Morgan fingerprint density at radius 2 is 1.94 bits per heavy atom. The maximum absolute atomic E-state index is 11.7. The summed E-state index contributed by atoms with van der Waals surface area (Å²) in [5.41, 5.74) is 0.988. The Kier molecular flexibility index (Phi) is 4.66. The molecule has 6 atom stereocenters. The molecule has 2 aliphatic carbocycles. The second-order valence-electron chi connectivity index (χ2n) is 9.47.